The lowest BCUT2D eigenvalue weighted by Crippen LogP contribution is -2.14. The highest BCUT2D eigenvalue weighted by Gasteiger charge is 2.38. The Labute approximate surface area is 144 Å². The van der Waals surface area contributed by atoms with E-state index in [9.17, 15) is 13.2 Å². The molecule has 0 saturated carbocycles. The predicted octanol–water partition coefficient (Wildman–Crippen LogP) is 5.79. The Hall–Kier alpha value is -3.01. The van der Waals surface area contributed by atoms with Crippen molar-refractivity contribution >= 4 is 16.8 Å². The zero-order chi connectivity index (χ0) is 17.9. The van der Waals surface area contributed by atoms with Crippen molar-refractivity contribution in [3.05, 3.63) is 102 Å². The maximum absolute atomic E-state index is 14.0. The summed E-state index contributed by atoms with van der Waals surface area (Å²) in [6.45, 7) is 0. The molecule has 0 fully saturated rings. The van der Waals surface area contributed by atoms with E-state index in [0.29, 0.717) is 16.8 Å². The van der Waals surface area contributed by atoms with Crippen molar-refractivity contribution in [2.45, 2.75) is 6.18 Å². The second-order valence-electron chi connectivity index (χ2n) is 5.60. The van der Waals surface area contributed by atoms with Crippen LogP contribution in [0.25, 0.3) is 11.1 Å². The van der Waals surface area contributed by atoms with E-state index in [1.165, 1.54) is 12.1 Å². The second-order valence-corrected chi connectivity index (χ2v) is 5.60. The summed E-state index contributed by atoms with van der Waals surface area (Å²) in [4.78, 5) is 0. The van der Waals surface area contributed by atoms with Crippen molar-refractivity contribution in [2.75, 3.05) is 5.73 Å². The average molecular weight is 339 g/mol. The Kier molecular flexibility index (Phi) is 4.61. The van der Waals surface area contributed by atoms with Crippen LogP contribution in [-0.2, 0) is 0 Å². The van der Waals surface area contributed by atoms with Crippen LogP contribution in [0.1, 0.15) is 16.7 Å². The molecule has 0 radical (unpaired) electrons. The molecule has 0 saturated heterocycles. The van der Waals surface area contributed by atoms with E-state index >= 15 is 0 Å². The van der Waals surface area contributed by atoms with Crippen molar-refractivity contribution in [3.63, 3.8) is 0 Å². The highest BCUT2D eigenvalue weighted by atomic mass is 19.4. The number of anilines is 1. The van der Waals surface area contributed by atoms with Crippen LogP contribution in [0, 0.1) is 0 Å². The lowest BCUT2D eigenvalue weighted by molar-refractivity contribution is -0.0685. The third-order valence-corrected chi connectivity index (χ3v) is 3.86. The zero-order valence-electron chi connectivity index (χ0n) is 13.3. The maximum Gasteiger partial charge on any atom is 0.417 e. The fourth-order valence-corrected chi connectivity index (χ4v) is 2.76. The van der Waals surface area contributed by atoms with Crippen LogP contribution in [0.5, 0.6) is 0 Å². The van der Waals surface area contributed by atoms with Crippen LogP contribution in [0.4, 0.5) is 18.9 Å². The fraction of sp³-hybridized carbons (Fsp3) is 0.0476. The minimum Gasteiger partial charge on any atom is -0.399 e. The Bertz CT molecular complexity index is 865. The van der Waals surface area contributed by atoms with E-state index < -0.39 is 11.7 Å². The first-order valence-corrected chi connectivity index (χ1v) is 7.75. The number of nitrogens with two attached hydrogens (primary N) is 1. The van der Waals surface area contributed by atoms with Crippen LogP contribution >= 0.6 is 0 Å². The van der Waals surface area contributed by atoms with Gasteiger partial charge in [-0.3, -0.25) is 0 Å². The highest BCUT2D eigenvalue weighted by Crippen LogP contribution is 2.42. The van der Waals surface area contributed by atoms with Gasteiger partial charge in [-0.05, 0) is 28.8 Å². The summed E-state index contributed by atoms with van der Waals surface area (Å²) in [5.74, 6) is 0. The molecule has 0 spiro atoms. The number of allylic oxidation sites excluding steroid dienone is 1. The van der Waals surface area contributed by atoms with Gasteiger partial charge < -0.3 is 5.73 Å². The molecule has 2 N–H and O–H groups in total. The molecule has 0 unspecified atom stereocenters. The van der Waals surface area contributed by atoms with Gasteiger partial charge in [-0.15, -0.1) is 0 Å². The van der Waals surface area contributed by atoms with Gasteiger partial charge in [0.05, 0.1) is 5.57 Å². The van der Waals surface area contributed by atoms with Crippen molar-refractivity contribution in [1.29, 1.82) is 0 Å². The normalized spacial score (nSPS) is 12.6. The van der Waals surface area contributed by atoms with E-state index in [1.54, 1.807) is 72.8 Å². The molecule has 1 nitrogen and oxygen atoms in total. The molecule has 0 aliphatic rings. The van der Waals surface area contributed by atoms with Crippen LogP contribution in [0.3, 0.4) is 0 Å². The van der Waals surface area contributed by atoms with Crippen LogP contribution in [0.15, 0.2) is 84.9 Å². The van der Waals surface area contributed by atoms with E-state index in [0.717, 1.165) is 0 Å². The number of hydrogen-bond acceptors (Lipinski definition) is 1. The van der Waals surface area contributed by atoms with Crippen molar-refractivity contribution in [2.24, 2.45) is 0 Å². The summed E-state index contributed by atoms with van der Waals surface area (Å²) in [7, 11) is 0. The molecule has 0 bridgehead atoms. The molecule has 0 aliphatic heterocycles. The molecule has 3 aromatic rings. The predicted molar refractivity (Wildman–Crippen MR) is 95.7 cm³/mol. The van der Waals surface area contributed by atoms with Gasteiger partial charge in [-0.25, -0.2) is 0 Å². The number of alkyl halides is 3. The smallest absolute Gasteiger partial charge is 0.399 e. The lowest BCUT2D eigenvalue weighted by atomic mass is 9.89. The van der Waals surface area contributed by atoms with Gasteiger partial charge in [0, 0.05) is 11.3 Å². The number of nitrogen functional groups attached to an aromatic ring is 1. The first kappa shape index (κ1) is 16.8. The second kappa shape index (κ2) is 6.85. The van der Waals surface area contributed by atoms with E-state index in [-0.39, 0.29) is 11.1 Å². The number of rotatable bonds is 3. The molecule has 0 heterocycles. The molecule has 3 aromatic carbocycles. The van der Waals surface area contributed by atoms with Crippen molar-refractivity contribution in [1.82, 2.24) is 0 Å². The van der Waals surface area contributed by atoms with Crippen molar-refractivity contribution in [3.8, 4) is 0 Å². The minimum absolute atomic E-state index is 0.130. The van der Waals surface area contributed by atoms with E-state index in [2.05, 4.69) is 0 Å². The number of benzene rings is 3. The Morgan fingerprint density at radius 1 is 0.600 bits per heavy atom. The van der Waals surface area contributed by atoms with Crippen molar-refractivity contribution < 1.29 is 13.2 Å². The fourth-order valence-electron chi connectivity index (χ4n) is 2.76. The Morgan fingerprint density at radius 2 is 1.04 bits per heavy atom. The standard InChI is InChI=1S/C21H16F3N/c22-21(23,24)20(17-9-5-2-6-10-17)19(15-7-3-1-4-8-15)16-11-13-18(25)14-12-16/h1-14H,25H2. The molecule has 126 valence electrons. The summed E-state index contributed by atoms with van der Waals surface area (Å²) in [5, 5.41) is 0. The summed E-state index contributed by atoms with van der Waals surface area (Å²) in [6, 6.07) is 22.9. The first-order valence-electron chi connectivity index (χ1n) is 7.75. The molecule has 0 aromatic heterocycles. The molecule has 0 amide bonds. The molecular formula is C21H16F3N. The minimum atomic E-state index is -4.51. The van der Waals surface area contributed by atoms with Crippen LogP contribution in [-0.4, -0.2) is 6.18 Å². The van der Waals surface area contributed by atoms with Gasteiger partial charge in [0.1, 0.15) is 0 Å². The highest BCUT2D eigenvalue weighted by molar-refractivity contribution is 6.00. The summed E-state index contributed by atoms with van der Waals surface area (Å²) < 4.78 is 42.1. The number of hydrogen-bond donors (Lipinski definition) is 1. The van der Waals surface area contributed by atoms with Gasteiger partial charge in [0.25, 0.3) is 0 Å². The summed E-state index contributed by atoms with van der Waals surface area (Å²) in [5.41, 5.74) is 6.78. The van der Waals surface area contributed by atoms with Gasteiger partial charge in [-0.2, -0.15) is 13.2 Å². The quantitative estimate of drug-likeness (QED) is 0.474. The zero-order valence-corrected chi connectivity index (χ0v) is 13.3. The maximum atomic E-state index is 14.0. The topological polar surface area (TPSA) is 26.0 Å². The monoisotopic (exact) mass is 339 g/mol. The van der Waals surface area contributed by atoms with Gasteiger partial charge >= 0.3 is 6.18 Å². The Balaban J connectivity index is 2.37. The number of halogens is 3. The third kappa shape index (κ3) is 3.74. The van der Waals surface area contributed by atoms with Gasteiger partial charge in [0.2, 0.25) is 0 Å². The molecule has 0 atom stereocenters. The molecule has 4 heteroatoms. The summed E-state index contributed by atoms with van der Waals surface area (Å²) >= 11 is 0. The third-order valence-electron chi connectivity index (χ3n) is 3.86. The average Bonchev–Trinajstić information content (AvgIpc) is 2.61. The molecule has 0 aliphatic carbocycles. The molecule has 25 heavy (non-hydrogen) atoms. The van der Waals surface area contributed by atoms with Gasteiger partial charge in [-0.1, -0.05) is 72.8 Å². The molecule has 3 rings (SSSR count). The van der Waals surface area contributed by atoms with Crippen LogP contribution < -0.4 is 5.73 Å². The SMILES string of the molecule is Nc1ccc(C(=C(c2ccccc2)C(F)(F)F)c2ccccc2)cc1. The first-order chi connectivity index (χ1) is 12.0. The largest absolute Gasteiger partial charge is 0.417 e. The Morgan fingerprint density at radius 3 is 1.52 bits per heavy atom. The van der Waals surface area contributed by atoms with E-state index in [4.69, 9.17) is 5.73 Å². The van der Waals surface area contributed by atoms with Gasteiger partial charge in [0.15, 0.2) is 0 Å². The molecular weight excluding hydrogens is 323 g/mol. The van der Waals surface area contributed by atoms with E-state index in [1.807, 2.05) is 0 Å². The summed E-state index contributed by atoms with van der Waals surface area (Å²) in [6.07, 6.45) is -4.51. The van der Waals surface area contributed by atoms with Crippen LogP contribution in [0.2, 0.25) is 0 Å². The lowest BCUT2D eigenvalue weighted by Gasteiger charge is -2.19.